The quantitative estimate of drug-likeness (QED) is 0.780. The van der Waals surface area contributed by atoms with Gasteiger partial charge in [-0.3, -0.25) is 0 Å². The van der Waals surface area contributed by atoms with Crippen molar-refractivity contribution in [3.8, 4) is 0 Å². The van der Waals surface area contributed by atoms with Crippen LogP contribution in [-0.2, 0) is 5.41 Å². The van der Waals surface area contributed by atoms with Gasteiger partial charge in [0.25, 0.3) is 0 Å². The van der Waals surface area contributed by atoms with Gasteiger partial charge >= 0.3 is 0 Å². The highest BCUT2D eigenvalue weighted by Gasteiger charge is 2.14. The number of aliphatic hydroxyl groups excluding tert-OH is 1. The van der Waals surface area contributed by atoms with E-state index in [2.05, 4.69) is 45.0 Å². The van der Waals surface area contributed by atoms with Gasteiger partial charge in [0.05, 0.1) is 6.10 Å². The first-order valence-electron chi connectivity index (χ1n) is 6.96. The fourth-order valence-electron chi connectivity index (χ4n) is 2.49. The van der Waals surface area contributed by atoms with Gasteiger partial charge in [-0.1, -0.05) is 57.5 Å². The minimum absolute atomic E-state index is 0.204. The van der Waals surface area contributed by atoms with Gasteiger partial charge in [-0.15, -0.1) is 0 Å². The summed E-state index contributed by atoms with van der Waals surface area (Å²) in [6.45, 7) is 6.70. The molecule has 0 saturated heterocycles. The molecule has 1 N–H and O–H groups in total. The van der Waals surface area contributed by atoms with Crippen LogP contribution in [0, 0.1) is 0 Å². The molecule has 0 spiro atoms. The van der Waals surface area contributed by atoms with Crippen molar-refractivity contribution in [1.29, 1.82) is 0 Å². The Bertz CT molecular complexity index is 420. The van der Waals surface area contributed by atoms with Crippen molar-refractivity contribution in [1.82, 2.24) is 0 Å². The second-order valence-electron chi connectivity index (χ2n) is 6.33. The lowest BCUT2D eigenvalue weighted by Gasteiger charge is -2.19. The molecule has 2 rings (SSSR count). The lowest BCUT2D eigenvalue weighted by Crippen LogP contribution is -2.10. The average molecular weight is 244 g/mol. The number of hydrogen-bond acceptors (Lipinski definition) is 1. The number of aliphatic hydroxyl groups is 1. The molecule has 0 fully saturated rings. The molecule has 1 aromatic rings. The van der Waals surface area contributed by atoms with Gasteiger partial charge < -0.3 is 5.11 Å². The first-order chi connectivity index (χ1) is 8.47. The van der Waals surface area contributed by atoms with Crippen molar-refractivity contribution in [2.24, 2.45) is 0 Å². The minimum atomic E-state index is -0.259. The van der Waals surface area contributed by atoms with Crippen molar-refractivity contribution in [2.45, 2.75) is 58.0 Å². The Hall–Kier alpha value is -1.08. The highest BCUT2D eigenvalue weighted by molar-refractivity contribution is 5.66. The largest absolute Gasteiger partial charge is 0.389 e. The van der Waals surface area contributed by atoms with Gasteiger partial charge in [0.15, 0.2) is 0 Å². The van der Waals surface area contributed by atoms with E-state index in [0.717, 1.165) is 19.3 Å². The lowest BCUT2D eigenvalue weighted by atomic mass is 9.86. The van der Waals surface area contributed by atoms with Crippen molar-refractivity contribution in [3.05, 3.63) is 41.5 Å². The Balaban J connectivity index is 2.23. The third-order valence-corrected chi connectivity index (χ3v) is 3.71. The molecule has 0 radical (unpaired) electrons. The van der Waals surface area contributed by atoms with Gasteiger partial charge in [0.1, 0.15) is 0 Å². The van der Waals surface area contributed by atoms with E-state index in [9.17, 15) is 5.11 Å². The Labute approximate surface area is 111 Å². The molecule has 1 heteroatoms. The molecule has 0 aromatic heterocycles. The predicted octanol–water partition coefficient (Wildman–Crippen LogP) is 4.30. The summed E-state index contributed by atoms with van der Waals surface area (Å²) in [6, 6.07) is 8.83. The molecule has 0 heterocycles. The van der Waals surface area contributed by atoms with E-state index in [4.69, 9.17) is 0 Å². The van der Waals surface area contributed by atoms with Crippen molar-refractivity contribution < 1.29 is 5.11 Å². The van der Waals surface area contributed by atoms with Crippen molar-refractivity contribution in [3.63, 3.8) is 0 Å². The zero-order valence-electron chi connectivity index (χ0n) is 11.7. The third-order valence-electron chi connectivity index (χ3n) is 3.71. The van der Waals surface area contributed by atoms with Crippen LogP contribution in [0.2, 0.25) is 0 Å². The molecule has 1 atom stereocenters. The first-order valence-corrected chi connectivity index (χ1v) is 6.96. The molecular formula is C17H24O. The molecule has 1 aromatic carbocycles. The molecule has 1 unspecified atom stereocenters. The lowest BCUT2D eigenvalue weighted by molar-refractivity contribution is 0.211. The molecule has 0 aliphatic heterocycles. The normalized spacial score (nSPS) is 21.3. The maximum absolute atomic E-state index is 9.83. The van der Waals surface area contributed by atoms with E-state index in [1.165, 1.54) is 23.1 Å². The molecule has 1 aliphatic carbocycles. The highest BCUT2D eigenvalue weighted by Crippen LogP contribution is 2.28. The Morgan fingerprint density at radius 1 is 1.06 bits per heavy atom. The summed E-state index contributed by atoms with van der Waals surface area (Å²) in [6.07, 6.45) is 6.09. The second-order valence-corrected chi connectivity index (χ2v) is 6.33. The number of allylic oxidation sites excluding steroid dienone is 1. The van der Waals surface area contributed by atoms with Gasteiger partial charge in [-0.05, 0) is 41.4 Å². The van der Waals surface area contributed by atoms with Crippen LogP contribution in [-0.4, -0.2) is 11.2 Å². The van der Waals surface area contributed by atoms with E-state index in [-0.39, 0.29) is 11.5 Å². The van der Waals surface area contributed by atoms with Gasteiger partial charge in [-0.2, -0.15) is 0 Å². The van der Waals surface area contributed by atoms with Crippen LogP contribution in [0.5, 0.6) is 0 Å². The van der Waals surface area contributed by atoms with Gasteiger partial charge in [0, 0.05) is 0 Å². The number of rotatable bonds is 1. The smallest absolute Gasteiger partial charge is 0.0726 e. The molecule has 18 heavy (non-hydrogen) atoms. The second kappa shape index (κ2) is 5.27. The first kappa shape index (κ1) is 13.4. The monoisotopic (exact) mass is 244 g/mol. The summed E-state index contributed by atoms with van der Waals surface area (Å²) in [4.78, 5) is 0. The van der Waals surface area contributed by atoms with E-state index < -0.39 is 0 Å². The topological polar surface area (TPSA) is 20.2 Å². The molecule has 1 aliphatic rings. The number of hydrogen-bond donors (Lipinski definition) is 1. The summed E-state index contributed by atoms with van der Waals surface area (Å²) < 4.78 is 0. The standard InChI is InChI=1S/C17H24O/c1-17(2,3)15-10-8-13(9-11-15)14-6-4-5-7-16(18)12-14/h8-12,16,18H,4-7H2,1-3H3. The van der Waals surface area contributed by atoms with Crippen molar-refractivity contribution in [2.75, 3.05) is 0 Å². The summed E-state index contributed by atoms with van der Waals surface area (Å²) in [5.74, 6) is 0. The van der Waals surface area contributed by atoms with Crippen LogP contribution < -0.4 is 0 Å². The fourth-order valence-corrected chi connectivity index (χ4v) is 2.49. The predicted molar refractivity (Wildman–Crippen MR) is 77.6 cm³/mol. The summed E-state index contributed by atoms with van der Waals surface area (Å²) in [7, 11) is 0. The number of benzene rings is 1. The summed E-state index contributed by atoms with van der Waals surface area (Å²) in [5.41, 5.74) is 4.14. The molecule has 0 saturated carbocycles. The molecular weight excluding hydrogens is 220 g/mol. The summed E-state index contributed by atoms with van der Waals surface area (Å²) in [5, 5.41) is 9.83. The van der Waals surface area contributed by atoms with Crippen molar-refractivity contribution >= 4 is 5.57 Å². The fraction of sp³-hybridized carbons (Fsp3) is 0.529. The summed E-state index contributed by atoms with van der Waals surface area (Å²) >= 11 is 0. The average Bonchev–Trinajstić information content (AvgIpc) is 2.53. The van der Waals surface area contributed by atoms with E-state index in [0.29, 0.717) is 0 Å². The van der Waals surface area contributed by atoms with Crippen LogP contribution in [0.15, 0.2) is 30.3 Å². The Kier molecular flexibility index (Phi) is 3.91. The molecule has 1 nitrogen and oxygen atoms in total. The minimum Gasteiger partial charge on any atom is -0.389 e. The molecule has 98 valence electrons. The van der Waals surface area contributed by atoms with Crippen LogP contribution in [0.3, 0.4) is 0 Å². The van der Waals surface area contributed by atoms with E-state index in [1.807, 2.05) is 6.08 Å². The SMILES string of the molecule is CC(C)(C)c1ccc(C2=CC(O)CCCC2)cc1. The van der Waals surface area contributed by atoms with E-state index in [1.54, 1.807) is 0 Å². The molecule has 0 bridgehead atoms. The van der Waals surface area contributed by atoms with E-state index >= 15 is 0 Å². The zero-order chi connectivity index (χ0) is 13.2. The van der Waals surface area contributed by atoms with Gasteiger partial charge in [0.2, 0.25) is 0 Å². The Morgan fingerprint density at radius 2 is 1.72 bits per heavy atom. The van der Waals surface area contributed by atoms with Crippen LogP contribution in [0.4, 0.5) is 0 Å². The zero-order valence-corrected chi connectivity index (χ0v) is 11.7. The van der Waals surface area contributed by atoms with Crippen LogP contribution >= 0.6 is 0 Å². The third kappa shape index (κ3) is 3.23. The Morgan fingerprint density at radius 3 is 2.33 bits per heavy atom. The van der Waals surface area contributed by atoms with Crippen LogP contribution in [0.1, 0.15) is 57.6 Å². The highest BCUT2D eigenvalue weighted by atomic mass is 16.3. The van der Waals surface area contributed by atoms with Crippen LogP contribution in [0.25, 0.3) is 5.57 Å². The van der Waals surface area contributed by atoms with Gasteiger partial charge in [-0.25, -0.2) is 0 Å². The maximum atomic E-state index is 9.83. The maximum Gasteiger partial charge on any atom is 0.0726 e. The molecule has 0 amide bonds.